The summed E-state index contributed by atoms with van der Waals surface area (Å²) in [5.74, 6) is 1.59. The second-order valence-electron chi connectivity index (χ2n) is 6.93. The summed E-state index contributed by atoms with van der Waals surface area (Å²) in [6.45, 7) is 3.66. The van der Waals surface area contributed by atoms with Crippen molar-refractivity contribution in [3.63, 3.8) is 0 Å². The molecular weight excluding hydrogens is 276 g/mol. The summed E-state index contributed by atoms with van der Waals surface area (Å²) in [5, 5.41) is 3.25. The standard InChI is InChI=1S/C18H26N2O2/c1-13-2-4-15(5-3-13)18(21)20-17-12-22-11-16(17)10-14-6-8-19-9-7-14/h6-9,13,15-17H,2-5,10-12H2,1H3,(H,20,21)/t13?,15?,16-,17-/m1/s1. The van der Waals surface area contributed by atoms with Crippen LogP contribution in [0.1, 0.15) is 38.2 Å². The van der Waals surface area contributed by atoms with Gasteiger partial charge in [-0.25, -0.2) is 0 Å². The van der Waals surface area contributed by atoms with Gasteiger partial charge in [-0.05, 0) is 55.7 Å². The van der Waals surface area contributed by atoms with Crippen molar-refractivity contribution in [2.75, 3.05) is 13.2 Å². The van der Waals surface area contributed by atoms with Crippen LogP contribution in [0.5, 0.6) is 0 Å². The van der Waals surface area contributed by atoms with Crippen LogP contribution in [0.3, 0.4) is 0 Å². The maximum Gasteiger partial charge on any atom is 0.223 e. The van der Waals surface area contributed by atoms with Gasteiger partial charge in [0.2, 0.25) is 5.91 Å². The summed E-state index contributed by atoms with van der Waals surface area (Å²) < 4.78 is 5.62. The Morgan fingerprint density at radius 2 is 1.95 bits per heavy atom. The second-order valence-corrected chi connectivity index (χ2v) is 6.93. The number of nitrogens with zero attached hydrogens (tertiary/aromatic N) is 1. The lowest BCUT2D eigenvalue weighted by atomic mass is 9.82. The lowest BCUT2D eigenvalue weighted by Gasteiger charge is -2.27. The molecule has 1 N–H and O–H groups in total. The van der Waals surface area contributed by atoms with Gasteiger partial charge < -0.3 is 10.1 Å². The molecule has 4 heteroatoms. The van der Waals surface area contributed by atoms with Crippen molar-refractivity contribution in [2.45, 2.75) is 45.1 Å². The SMILES string of the molecule is CC1CCC(C(=O)N[C@@H]2COC[C@H]2Cc2ccncc2)CC1. The topological polar surface area (TPSA) is 51.2 Å². The quantitative estimate of drug-likeness (QED) is 0.930. The molecule has 4 nitrogen and oxygen atoms in total. The van der Waals surface area contributed by atoms with E-state index in [1.807, 2.05) is 24.5 Å². The molecule has 0 spiro atoms. The molecule has 120 valence electrons. The highest BCUT2D eigenvalue weighted by atomic mass is 16.5. The van der Waals surface area contributed by atoms with Gasteiger partial charge in [-0.2, -0.15) is 0 Å². The van der Waals surface area contributed by atoms with Crippen LogP contribution in [-0.2, 0) is 16.0 Å². The zero-order chi connectivity index (χ0) is 15.4. The van der Waals surface area contributed by atoms with Crippen molar-refractivity contribution in [1.29, 1.82) is 0 Å². The molecular formula is C18H26N2O2. The van der Waals surface area contributed by atoms with Crippen LogP contribution >= 0.6 is 0 Å². The molecule has 1 aliphatic carbocycles. The van der Waals surface area contributed by atoms with Crippen LogP contribution in [0.2, 0.25) is 0 Å². The van der Waals surface area contributed by atoms with Crippen LogP contribution in [0, 0.1) is 17.8 Å². The van der Waals surface area contributed by atoms with E-state index >= 15 is 0 Å². The predicted molar refractivity (Wildman–Crippen MR) is 85.3 cm³/mol. The van der Waals surface area contributed by atoms with Gasteiger partial charge in [0.1, 0.15) is 0 Å². The molecule has 1 aromatic rings. The molecule has 2 aliphatic rings. The number of ether oxygens (including phenoxy) is 1. The van der Waals surface area contributed by atoms with Crippen molar-refractivity contribution in [2.24, 2.45) is 17.8 Å². The zero-order valence-electron chi connectivity index (χ0n) is 13.3. The number of nitrogens with one attached hydrogen (secondary N) is 1. The van der Waals surface area contributed by atoms with Crippen molar-refractivity contribution in [3.05, 3.63) is 30.1 Å². The first kappa shape index (κ1) is 15.5. The normalized spacial score (nSPS) is 31.9. The minimum absolute atomic E-state index is 0.153. The summed E-state index contributed by atoms with van der Waals surface area (Å²) in [4.78, 5) is 16.5. The van der Waals surface area contributed by atoms with E-state index in [9.17, 15) is 4.79 Å². The molecule has 1 saturated carbocycles. The van der Waals surface area contributed by atoms with Gasteiger partial charge >= 0.3 is 0 Å². The van der Waals surface area contributed by atoms with E-state index < -0.39 is 0 Å². The van der Waals surface area contributed by atoms with Gasteiger partial charge in [-0.15, -0.1) is 0 Å². The smallest absolute Gasteiger partial charge is 0.223 e. The Labute approximate surface area is 132 Å². The molecule has 1 amide bonds. The number of aromatic nitrogens is 1. The number of carbonyl (C=O) groups excluding carboxylic acids is 1. The lowest BCUT2D eigenvalue weighted by Crippen LogP contribution is -2.44. The summed E-state index contributed by atoms with van der Waals surface area (Å²) >= 11 is 0. The van der Waals surface area contributed by atoms with Crippen molar-refractivity contribution < 1.29 is 9.53 Å². The number of amides is 1. The van der Waals surface area contributed by atoms with Gasteiger partial charge in [-0.1, -0.05) is 6.92 Å². The third-order valence-electron chi connectivity index (χ3n) is 5.16. The maximum absolute atomic E-state index is 12.5. The number of carbonyl (C=O) groups is 1. The second kappa shape index (κ2) is 7.23. The Bertz CT molecular complexity index is 483. The third kappa shape index (κ3) is 3.86. The minimum atomic E-state index is 0.153. The zero-order valence-corrected chi connectivity index (χ0v) is 13.3. The van der Waals surface area contributed by atoms with E-state index in [1.165, 1.54) is 18.4 Å². The number of rotatable bonds is 4. The van der Waals surface area contributed by atoms with E-state index in [0.717, 1.165) is 31.8 Å². The van der Waals surface area contributed by atoms with Gasteiger partial charge in [0, 0.05) is 24.2 Å². The van der Waals surface area contributed by atoms with Crippen molar-refractivity contribution in [1.82, 2.24) is 10.3 Å². The number of pyridine rings is 1. The van der Waals surface area contributed by atoms with Crippen LogP contribution < -0.4 is 5.32 Å². The van der Waals surface area contributed by atoms with E-state index in [1.54, 1.807) is 0 Å². The fourth-order valence-electron chi connectivity index (χ4n) is 3.60. The lowest BCUT2D eigenvalue weighted by molar-refractivity contribution is -0.127. The molecule has 0 unspecified atom stereocenters. The van der Waals surface area contributed by atoms with Crippen LogP contribution in [0.15, 0.2) is 24.5 Å². The van der Waals surface area contributed by atoms with Crippen LogP contribution in [-0.4, -0.2) is 30.1 Å². The third-order valence-corrected chi connectivity index (χ3v) is 5.16. The Kier molecular flexibility index (Phi) is 5.08. The summed E-state index contributed by atoms with van der Waals surface area (Å²) in [7, 11) is 0. The molecule has 2 atom stereocenters. The fraction of sp³-hybridized carbons (Fsp3) is 0.667. The monoisotopic (exact) mass is 302 g/mol. The molecule has 0 aromatic carbocycles. The van der Waals surface area contributed by atoms with Gasteiger partial charge in [-0.3, -0.25) is 9.78 Å². The summed E-state index contributed by atoms with van der Waals surface area (Å²) in [6, 6.07) is 4.24. The first-order chi connectivity index (χ1) is 10.7. The first-order valence-electron chi connectivity index (χ1n) is 8.49. The van der Waals surface area contributed by atoms with Gasteiger partial charge in [0.15, 0.2) is 0 Å². The highest BCUT2D eigenvalue weighted by molar-refractivity contribution is 5.79. The first-order valence-corrected chi connectivity index (χ1v) is 8.49. The van der Waals surface area contributed by atoms with E-state index in [2.05, 4.69) is 17.2 Å². The van der Waals surface area contributed by atoms with Crippen molar-refractivity contribution >= 4 is 5.91 Å². The van der Waals surface area contributed by atoms with Gasteiger partial charge in [0.25, 0.3) is 0 Å². The largest absolute Gasteiger partial charge is 0.379 e. The molecule has 22 heavy (non-hydrogen) atoms. The van der Waals surface area contributed by atoms with Crippen molar-refractivity contribution in [3.8, 4) is 0 Å². The molecule has 1 aliphatic heterocycles. The molecule has 1 saturated heterocycles. The Balaban J connectivity index is 1.53. The summed E-state index contributed by atoms with van der Waals surface area (Å²) in [5.41, 5.74) is 1.26. The molecule has 2 fully saturated rings. The number of hydrogen-bond acceptors (Lipinski definition) is 3. The van der Waals surface area contributed by atoms with Crippen LogP contribution in [0.4, 0.5) is 0 Å². The average Bonchev–Trinajstić information content (AvgIpc) is 2.96. The van der Waals surface area contributed by atoms with E-state index in [0.29, 0.717) is 12.5 Å². The highest BCUT2D eigenvalue weighted by Crippen LogP contribution is 2.29. The molecule has 2 heterocycles. The van der Waals surface area contributed by atoms with E-state index in [4.69, 9.17) is 4.74 Å². The number of hydrogen-bond donors (Lipinski definition) is 1. The summed E-state index contributed by atoms with van der Waals surface area (Å²) in [6.07, 6.45) is 9.02. The minimum Gasteiger partial charge on any atom is -0.379 e. The molecule has 0 radical (unpaired) electrons. The Morgan fingerprint density at radius 1 is 1.23 bits per heavy atom. The van der Waals surface area contributed by atoms with Crippen LogP contribution in [0.25, 0.3) is 0 Å². The molecule has 1 aromatic heterocycles. The Hall–Kier alpha value is -1.42. The average molecular weight is 302 g/mol. The predicted octanol–water partition coefficient (Wildman–Crippen LogP) is 2.58. The fourth-order valence-corrected chi connectivity index (χ4v) is 3.60. The van der Waals surface area contributed by atoms with Gasteiger partial charge in [0.05, 0.1) is 19.3 Å². The van der Waals surface area contributed by atoms with E-state index in [-0.39, 0.29) is 17.9 Å². The maximum atomic E-state index is 12.5. The Morgan fingerprint density at radius 3 is 2.68 bits per heavy atom. The molecule has 0 bridgehead atoms. The molecule has 3 rings (SSSR count). The highest BCUT2D eigenvalue weighted by Gasteiger charge is 2.32.